The maximum Gasteiger partial charge on any atom is 0.376 e. The molecule has 0 saturated carbocycles. The van der Waals surface area contributed by atoms with E-state index in [1.807, 2.05) is 0 Å². The molecule has 8 nitrogen and oxygen atoms in total. The molecule has 11 heteroatoms. The van der Waals surface area contributed by atoms with Crippen molar-refractivity contribution in [3.63, 3.8) is 0 Å². The van der Waals surface area contributed by atoms with Gasteiger partial charge < -0.3 is 24.0 Å². The second-order valence-corrected chi connectivity index (χ2v) is 7.42. The second-order valence-electron chi connectivity index (χ2n) is 3.82. The number of aromatic nitrogens is 2. The molecule has 2 aromatic heterocycles. The van der Waals surface area contributed by atoms with Crippen LogP contribution < -0.4 is 5.44 Å². The summed E-state index contributed by atoms with van der Waals surface area (Å²) in [5.41, 5.74) is -0.299. The Bertz CT molecular complexity index is 732. The number of halogens is 1. The number of hydrogen-bond donors (Lipinski definition) is 4. The maximum absolute atomic E-state index is 11.1. The first-order chi connectivity index (χ1) is 8.58. The van der Waals surface area contributed by atoms with Crippen LogP contribution in [0, 0.1) is 0 Å². The van der Waals surface area contributed by atoms with Gasteiger partial charge in [-0.05, 0) is 12.1 Å². The molecule has 0 radical (unpaired) electrons. The number of rotatable bonds is 3. The van der Waals surface area contributed by atoms with E-state index in [-0.39, 0.29) is 16.4 Å². The lowest BCUT2D eigenvalue weighted by Crippen LogP contribution is -2.03. The third kappa shape index (κ3) is 3.24. The Kier molecular flexibility index (Phi) is 3.62. The van der Waals surface area contributed by atoms with Gasteiger partial charge in [0.25, 0.3) is 0 Å². The molecule has 104 valence electrons. The van der Waals surface area contributed by atoms with E-state index >= 15 is 0 Å². The number of nitrogens with zero attached hydrogens (tertiary/aromatic N) is 2. The topological polar surface area (TPSA) is 132 Å². The molecule has 0 bridgehead atoms. The van der Waals surface area contributed by atoms with Gasteiger partial charge in [-0.1, -0.05) is 11.6 Å². The summed E-state index contributed by atoms with van der Waals surface area (Å²) in [6, 6.07) is 2.75. The minimum absolute atomic E-state index is 0.0414. The molecule has 0 unspecified atom stereocenters. The Morgan fingerprint density at radius 3 is 2.37 bits per heavy atom. The standard InChI is InChI=1S/C8H9ClN2O6P2/c9-5-1-2-7-10-8(19(15,16)17)3-11(7)6(5)4-18(12,13)14/h1-3H,4H2,(H2,12,13,14)(H2,15,16,17). The molecule has 19 heavy (non-hydrogen) atoms. The van der Waals surface area contributed by atoms with E-state index in [2.05, 4.69) is 4.98 Å². The molecule has 0 aromatic carbocycles. The van der Waals surface area contributed by atoms with Crippen LogP contribution in [0.1, 0.15) is 5.69 Å². The van der Waals surface area contributed by atoms with Crippen molar-refractivity contribution >= 4 is 37.9 Å². The summed E-state index contributed by atoms with van der Waals surface area (Å²) in [7, 11) is -8.92. The predicted octanol–water partition coefficient (Wildman–Crippen LogP) is 0.468. The first kappa shape index (κ1) is 14.7. The SMILES string of the molecule is O=P(O)(O)Cc1c(Cl)ccc2nc(P(=O)(O)O)cn12. The smallest absolute Gasteiger partial charge is 0.324 e. The van der Waals surface area contributed by atoms with E-state index in [0.29, 0.717) is 0 Å². The highest BCUT2D eigenvalue weighted by molar-refractivity contribution is 7.60. The molecule has 4 N–H and O–H groups in total. The monoisotopic (exact) mass is 326 g/mol. The third-order valence-corrected chi connectivity index (χ3v) is 4.19. The average molecular weight is 327 g/mol. The third-order valence-electron chi connectivity index (χ3n) is 2.32. The van der Waals surface area contributed by atoms with E-state index < -0.39 is 26.8 Å². The van der Waals surface area contributed by atoms with Gasteiger partial charge >= 0.3 is 15.2 Å². The molecule has 0 saturated heterocycles. The maximum atomic E-state index is 11.1. The number of imidazole rings is 1. The minimum Gasteiger partial charge on any atom is -0.324 e. The van der Waals surface area contributed by atoms with Crippen LogP contribution in [0.5, 0.6) is 0 Å². The van der Waals surface area contributed by atoms with Crippen molar-refractivity contribution in [2.75, 3.05) is 0 Å². The molecule has 0 aliphatic carbocycles. The molecular weight excluding hydrogens is 317 g/mol. The summed E-state index contributed by atoms with van der Waals surface area (Å²) in [5.74, 6) is 0. The summed E-state index contributed by atoms with van der Waals surface area (Å²) in [6.45, 7) is 0. The van der Waals surface area contributed by atoms with Crippen molar-refractivity contribution < 1.29 is 28.7 Å². The number of hydrogen-bond acceptors (Lipinski definition) is 3. The van der Waals surface area contributed by atoms with Crippen molar-refractivity contribution in [1.29, 1.82) is 0 Å². The Morgan fingerprint density at radius 1 is 1.21 bits per heavy atom. The predicted molar refractivity (Wildman–Crippen MR) is 67.6 cm³/mol. The van der Waals surface area contributed by atoms with Crippen LogP contribution in [0.3, 0.4) is 0 Å². The van der Waals surface area contributed by atoms with Gasteiger partial charge in [0.05, 0.1) is 16.9 Å². The summed E-state index contributed by atoms with van der Waals surface area (Å²) in [4.78, 5) is 39.7. The molecule has 2 rings (SSSR count). The zero-order chi connectivity index (χ0) is 14.4. The summed E-state index contributed by atoms with van der Waals surface area (Å²) >= 11 is 5.85. The summed E-state index contributed by atoms with van der Waals surface area (Å²) < 4.78 is 23.3. The average Bonchev–Trinajstić information content (AvgIpc) is 2.64. The van der Waals surface area contributed by atoms with Crippen LogP contribution in [0.4, 0.5) is 0 Å². The van der Waals surface area contributed by atoms with Crippen molar-refractivity contribution in [2.24, 2.45) is 0 Å². The van der Waals surface area contributed by atoms with Gasteiger partial charge in [-0.25, -0.2) is 4.98 Å². The van der Waals surface area contributed by atoms with E-state index in [4.69, 9.17) is 31.2 Å². The van der Waals surface area contributed by atoms with Gasteiger partial charge in [0.15, 0.2) is 5.44 Å². The summed E-state index contributed by atoms with van der Waals surface area (Å²) in [5, 5.41) is 0.0745. The number of fused-ring (bicyclic) bond motifs is 1. The zero-order valence-electron chi connectivity index (χ0n) is 9.21. The fraction of sp³-hybridized carbons (Fsp3) is 0.125. The quantitative estimate of drug-likeness (QED) is 0.602. The van der Waals surface area contributed by atoms with Crippen LogP contribution in [-0.2, 0) is 15.3 Å². The van der Waals surface area contributed by atoms with Crippen LogP contribution in [0.2, 0.25) is 5.02 Å². The molecule has 0 fully saturated rings. The van der Waals surface area contributed by atoms with Crippen LogP contribution in [-0.4, -0.2) is 29.0 Å². The highest BCUT2D eigenvalue weighted by Crippen LogP contribution is 2.41. The lowest BCUT2D eigenvalue weighted by Gasteiger charge is -2.08. The van der Waals surface area contributed by atoms with Crippen LogP contribution in [0.15, 0.2) is 18.3 Å². The van der Waals surface area contributed by atoms with Crippen molar-refractivity contribution in [1.82, 2.24) is 9.38 Å². The molecule has 0 atom stereocenters. The fourth-order valence-electron chi connectivity index (χ4n) is 1.56. The van der Waals surface area contributed by atoms with Crippen LogP contribution in [0.25, 0.3) is 5.65 Å². The van der Waals surface area contributed by atoms with Gasteiger partial charge in [0.2, 0.25) is 0 Å². The van der Waals surface area contributed by atoms with Crippen molar-refractivity contribution in [3.05, 3.63) is 29.0 Å². The molecular formula is C8H9ClN2O6P2. The number of pyridine rings is 1. The van der Waals surface area contributed by atoms with Gasteiger partial charge in [0, 0.05) is 6.20 Å². The molecule has 0 aliphatic rings. The van der Waals surface area contributed by atoms with Gasteiger partial charge in [0.1, 0.15) is 5.65 Å². The Morgan fingerprint density at radius 2 is 1.84 bits per heavy atom. The van der Waals surface area contributed by atoms with Gasteiger partial charge in [-0.2, -0.15) is 0 Å². The molecule has 0 amide bonds. The molecule has 0 spiro atoms. The second kappa shape index (κ2) is 4.68. The van der Waals surface area contributed by atoms with E-state index in [9.17, 15) is 9.13 Å². The van der Waals surface area contributed by atoms with Crippen molar-refractivity contribution in [3.8, 4) is 0 Å². The summed E-state index contributed by atoms with van der Waals surface area (Å²) in [6.07, 6.45) is 0.368. The Hall–Kier alpha value is -0.720. The van der Waals surface area contributed by atoms with E-state index in [0.717, 1.165) is 10.6 Å². The van der Waals surface area contributed by atoms with Crippen LogP contribution >= 0.6 is 26.8 Å². The normalized spacial score (nSPS) is 13.1. The Balaban J connectivity index is 2.69. The minimum atomic E-state index is -4.55. The van der Waals surface area contributed by atoms with E-state index in [1.54, 1.807) is 0 Å². The molecule has 0 aliphatic heterocycles. The first-order valence-electron chi connectivity index (χ1n) is 4.85. The Labute approximate surface area is 112 Å². The largest absolute Gasteiger partial charge is 0.376 e. The van der Waals surface area contributed by atoms with Gasteiger partial charge in [-0.3, -0.25) is 9.13 Å². The molecule has 2 aromatic rings. The highest BCUT2D eigenvalue weighted by atomic mass is 35.5. The zero-order valence-corrected chi connectivity index (χ0v) is 11.8. The first-order valence-corrected chi connectivity index (χ1v) is 8.64. The highest BCUT2D eigenvalue weighted by Gasteiger charge is 2.24. The van der Waals surface area contributed by atoms with Crippen molar-refractivity contribution in [2.45, 2.75) is 6.16 Å². The lowest BCUT2D eigenvalue weighted by atomic mass is 10.3. The van der Waals surface area contributed by atoms with Gasteiger partial charge in [-0.15, -0.1) is 0 Å². The molecule has 2 heterocycles. The lowest BCUT2D eigenvalue weighted by molar-refractivity contribution is 0.371. The fourth-order valence-corrected chi connectivity index (χ4v) is 3.09. The van der Waals surface area contributed by atoms with E-state index in [1.165, 1.54) is 12.1 Å².